The third kappa shape index (κ3) is 8.28. The van der Waals surface area contributed by atoms with E-state index in [-0.39, 0.29) is 10.5 Å². The van der Waals surface area contributed by atoms with Crippen LogP contribution in [0.2, 0.25) is 0 Å². The molecule has 0 spiro atoms. The summed E-state index contributed by atoms with van der Waals surface area (Å²) < 4.78 is -0.139. The van der Waals surface area contributed by atoms with Crippen LogP contribution in [0.25, 0.3) is 6.08 Å². The van der Waals surface area contributed by atoms with E-state index < -0.39 is 0 Å². The predicted octanol–water partition coefficient (Wildman–Crippen LogP) is 9.39. The molecule has 0 aliphatic carbocycles. The molecule has 2 rings (SSSR count). The second-order valence-electron chi connectivity index (χ2n) is 8.84. The predicted molar refractivity (Wildman–Crippen MR) is 144 cm³/mol. The Balaban J connectivity index is 2.24. The zero-order chi connectivity index (χ0) is 23.1. The van der Waals surface area contributed by atoms with E-state index in [4.69, 9.17) is 0 Å². The van der Waals surface area contributed by atoms with Crippen molar-refractivity contribution in [1.29, 1.82) is 0 Å². The molecule has 0 aliphatic heterocycles. The van der Waals surface area contributed by atoms with Gasteiger partial charge in [-0.1, -0.05) is 132 Å². The van der Waals surface area contributed by atoms with E-state index in [1.54, 1.807) is 0 Å². The van der Waals surface area contributed by atoms with Crippen LogP contribution in [0.4, 0.5) is 0 Å². The van der Waals surface area contributed by atoms with Crippen molar-refractivity contribution < 1.29 is 4.79 Å². The maximum absolute atomic E-state index is 13.8. The van der Waals surface area contributed by atoms with Gasteiger partial charge in [0.15, 0.2) is 5.78 Å². The number of carbonyl (C=O) groups is 1. The smallest absolute Gasteiger partial charge is 0.190 e. The molecule has 0 aromatic heterocycles. The maximum atomic E-state index is 13.8. The molecule has 2 aromatic carbocycles. The first-order valence-electron chi connectivity index (χ1n) is 12.6. The van der Waals surface area contributed by atoms with Crippen LogP contribution in [0.1, 0.15) is 100 Å². The van der Waals surface area contributed by atoms with Crippen molar-refractivity contribution >= 4 is 23.6 Å². The summed E-state index contributed by atoms with van der Waals surface area (Å²) in [5.74, 6) is 0.178. The number of unbranched alkanes of at least 4 members (excludes halogenated alkanes) is 7. The molecule has 0 N–H and O–H groups in total. The number of Topliss-reactive ketones (excluding diaryl/α,β-unsaturated/α-hetero) is 1. The van der Waals surface area contributed by atoms with Crippen LogP contribution in [-0.4, -0.2) is 16.8 Å². The summed E-state index contributed by atoms with van der Waals surface area (Å²) in [6.07, 6.45) is 18.0. The SMILES string of the molecule is CCCCCCCCCCC(CCC)(SC)C(=Cc1ccccc1)C(=O)c1ccccc1. The third-order valence-electron chi connectivity index (χ3n) is 6.36. The molecule has 1 nitrogen and oxygen atoms in total. The van der Waals surface area contributed by atoms with Gasteiger partial charge in [-0.3, -0.25) is 4.79 Å². The third-order valence-corrected chi connectivity index (χ3v) is 7.77. The average Bonchev–Trinajstić information content (AvgIpc) is 2.84. The van der Waals surface area contributed by atoms with E-state index in [0.717, 1.165) is 36.0 Å². The number of carbonyl (C=O) groups excluding carboxylic acids is 1. The molecule has 0 fully saturated rings. The molecule has 0 amide bonds. The Morgan fingerprint density at radius 2 is 1.31 bits per heavy atom. The Kier molecular flexibility index (Phi) is 12.5. The van der Waals surface area contributed by atoms with E-state index in [1.807, 2.05) is 48.2 Å². The summed E-state index contributed by atoms with van der Waals surface area (Å²) in [5.41, 5.74) is 2.87. The first-order valence-corrected chi connectivity index (χ1v) is 13.8. The highest BCUT2D eigenvalue weighted by Crippen LogP contribution is 2.43. The Morgan fingerprint density at radius 3 is 1.88 bits per heavy atom. The van der Waals surface area contributed by atoms with E-state index in [0.29, 0.717) is 0 Å². The lowest BCUT2D eigenvalue weighted by molar-refractivity contribution is 0.102. The Hall–Kier alpha value is -1.80. The van der Waals surface area contributed by atoms with Gasteiger partial charge in [-0.25, -0.2) is 0 Å². The van der Waals surface area contributed by atoms with Crippen LogP contribution in [0.5, 0.6) is 0 Å². The lowest BCUT2D eigenvalue weighted by Crippen LogP contribution is -2.32. The van der Waals surface area contributed by atoms with Gasteiger partial charge in [-0.05, 0) is 30.7 Å². The largest absolute Gasteiger partial charge is 0.289 e. The topological polar surface area (TPSA) is 17.1 Å². The molecule has 174 valence electrons. The highest BCUT2D eigenvalue weighted by molar-refractivity contribution is 8.00. The summed E-state index contributed by atoms with van der Waals surface area (Å²) in [4.78, 5) is 13.8. The summed E-state index contributed by atoms with van der Waals surface area (Å²) in [6, 6.07) is 20.2. The Morgan fingerprint density at radius 1 is 0.750 bits per heavy atom. The lowest BCUT2D eigenvalue weighted by atomic mass is 9.82. The molecule has 2 heteroatoms. The molecular weight excluding hydrogens is 408 g/mol. The first-order chi connectivity index (χ1) is 15.7. The van der Waals surface area contributed by atoms with Crippen molar-refractivity contribution in [3.8, 4) is 0 Å². The second kappa shape index (κ2) is 15.1. The quantitative estimate of drug-likeness (QED) is 0.144. The van der Waals surface area contributed by atoms with Gasteiger partial charge >= 0.3 is 0 Å². The molecule has 32 heavy (non-hydrogen) atoms. The van der Waals surface area contributed by atoms with Crippen LogP contribution in [0.3, 0.4) is 0 Å². The molecule has 0 aliphatic rings. The van der Waals surface area contributed by atoms with Crippen molar-refractivity contribution in [2.45, 2.75) is 89.2 Å². The van der Waals surface area contributed by atoms with Gasteiger partial charge in [0.25, 0.3) is 0 Å². The van der Waals surface area contributed by atoms with Crippen LogP contribution in [0.15, 0.2) is 66.2 Å². The molecular formula is C30H42OS. The number of benzene rings is 2. The van der Waals surface area contributed by atoms with Gasteiger partial charge in [0, 0.05) is 15.9 Å². The molecule has 0 heterocycles. The van der Waals surface area contributed by atoms with Crippen molar-refractivity contribution in [1.82, 2.24) is 0 Å². The van der Waals surface area contributed by atoms with Crippen LogP contribution in [0, 0.1) is 0 Å². The molecule has 1 atom stereocenters. The summed E-state index contributed by atoms with van der Waals surface area (Å²) in [7, 11) is 0. The molecule has 0 saturated carbocycles. The van der Waals surface area contributed by atoms with Gasteiger partial charge in [-0.15, -0.1) is 0 Å². The summed E-state index contributed by atoms with van der Waals surface area (Å²) in [5, 5.41) is 0. The van der Waals surface area contributed by atoms with Gasteiger partial charge in [0.1, 0.15) is 0 Å². The minimum Gasteiger partial charge on any atom is -0.289 e. The van der Waals surface area contributed by atoms with Crippen molar-refractivity contribution in [2.75, 3.05) is 6.26 Å². The Bertz CT molecular complexity index is 796. The van der Waals surface area contributed by atoms with Gasteiger partial charge in [0.05, 0.1) is 0 Å². The number of rotatable bonds is 16. The standard InChI is InChI=1S/C30H42OS/c1-4-6-7-8-9-10-11-18-24-30(32-3,23-5-2)28(25-26-19-14-12-15-20-26)29(31)27-21-16-13-17-22-27/h12-17,19-22,25H,4-11,18,23-24H2,1-3H3. The van der Waals surface area contributed by atoms with E-state index in [9.17, 15) is 4.79 Å². The van der Waals surface area contributed by atoms with Gasteiger partial charge in [-0.2, -0.15) is 11.8 Å². The molecule has 2 aromatic rings. The summed E-state index contributed by atoms with van der Waals surface area (Å²) >= 11 is 1.88. The van der Waals surface area contributed by atoms with E-state index >= 15 is 0 Å². The lowest BCUT2D eigenvalue weighted by Gasteiger charge is -2.34. The highest BCUT2D eigenvalue weighted by atomic mass is 32.2. The monoisotopic (exact) mass is 450 g/mol. The van der Waals surface area contributed by atoms with Gasteiger partial charge < -0.3 is 0 Å². The van der Waals surface area contributed by atoms with Crippen LogP contribution < -0.4 is 0 Å². The van der Waals surface area contributed by atoms with Crippen LogP contribution >= 0.6 is 11.8 Å². The number of thioether (sulfide) groups is 1. The highest BCUT2D eigenvalue weighted by Gasteiger charge is 2.36. The fraction of sp³-hybridized carbons (Fsp3) is 0.500. The first kappa shape index (κ1) is 26.5. The van der Waals surface area contributed by atoms with E-state index in [2.05, 4.69) is 50.4 Å². The minimum atomic E-state index is -0.139. The number of hydrogen-bond donors (Lipinski definition) is 0. The molecule has 0 saturated heterocycles. The van der Waals surface area contributed by atoms with Gasteiger partial charge in [0.2, 0.25) is 0 Å². The number of ketones is 1. The molecule has 0 bridgehead atoms. The minimum absolute atomic E-state index is 0.139. The zero-order valence-corrected chi connectivity index (χ0v) is 21.3. The normalized spacial score (nSPS) is 13.7. The zero-order valence-electron chi connectivity index (χ0n) is 20.4. The second-order valence-corrected chi connectivity index (χ2v) is 10.0. The van der Waals surface area contributed by atoms with Crippen LogP contribution in [-0.2, 0) is 0 Å². The summed E-state index contributed by atoms with van der Waals surface area (Å²) in [6.45, 7) is 4.51. The number of hydrogen-bond acceptors (Lipinski definition) is 2. The van der Waals surface area contributed by atoms with Crippen molar-refractivity contribution in [3.63, 3.8) is 0 Å². The van der Waals surface area contributed by atoms with E-state index in [1.165, 1.54) is 51.4 Å². The fourth-order valence-electron chi connectivity index (χ4n) is 4.52. The Labute approximate surface area is 201 Å². The maximum Gasteiger partial charge on any atom is 0.190 e. The molecule has 1 unspecified atom stereocenters. The van der Waals surface area contributed by atoms with Crippen molar-refractivity contribution in [3.05, 3.63) is 77.4 Å². The van der Waals surface area contributed by atoms with Crippen molar-refractivity contribution in [2.24, 2.45) is 0 Å². The fourth-order valence-corrected chi connectivity index (χ4v) is 5.65. The average molecular weight is 451 g/mol. The molecule has 0 radical (unpaired) electrons.